The third-order valence-corrected chi connectivity index (χ3v) is 4.89. The topological polar surface area (TPSA) is 15.3 Å². The molecular formula is C18H28N2. The normalized spacial score (nSPS) is 24.1. The molecule has 0 bridgehead atoms. The van der Waals surface area contributed by atoms with Crippen LogP contribution < -0.4 is 5.32 Å². The predicted octanol–water partition coefficient (Wildman–Crippen LogP) is 3.36. The van der Waals surface area contributed by atoms with Crippen molar-refractivity contribution in [2.45, 2.75) is 57.5 Å². The van der Waals surface area contributed by atoms with Gasteiger partial charge in [-0.05, 0) is 62.9 Å². The number of nitrogens with zero attached hydrogens (tertiary/aromatic N) is 1. The number of fused-ring (bicyclic) bond motifs is 1. The monoisotopic (exact) mass is 272 g/mol. The van der Waals surface area contributed by atoms with E-state index in [4.69, 9.17) is 0 Å². The molecule has 0 spiro atoms. The smallest absolute Gasteiger partial charge is 0.0210 e. The maximum absolute atomic E-state index is 3.71. The summed E-state index contributed by atoms with van der Waals surface area (Å²) in [6.07, 6.45) is 9.60. The SMILES string of the molecule is c1ccc2c(c1)CNC(CCCN1CCCCCC1)C2. The van der Waals surface area contributed by atoms with E-state index in [-0.39, 0.29) is 0 Å². The van der Waals surface area contributed by atoms with Crippen molar-refractivity contribution in [3.05, 3.63) is 35.4 Å². The Bertz CT molecular complexity index is 408. The largest absolute Gasteiger partial charge is 0.310 e. The maximum atomic E-state index is 3.71. The van der Waals surface area contributed by atoms with Gasteiger partial charge in [0.15, 0.2) is 0 Å². The van der Waals surface area contributed by atoms with Gasteiger partial charge < -0.3 is 10.2 Å². The zero-order chi connectivity index (χ0) is 13.6. The average molecular weight is 272 g/mol. The van der Waals surface area contributed by atoms with Gasteiger partial charge in [0.05, 0.1) is 0 Å². The van der Waals surface area contributed by atoms with Gasteiger partial charge in [-0.3, -0.25) is 0 Å². The molecule has 2 nitrogen and oxygen atoms in total. The molecule has 0 amide bonds. The highest BCUT2D eigenvalue weighted by atomic mass is 15.1. The van der Waals surface area contributed by atoms with E-state index in [0.29, 0.717) is 6.04 Å². The van der Waals surface area contributed by atoms with Gasteiger partial charge in [0.1, 0.15) is 0 Å². The molecule has 1 aromatic carbocycles. The molecule has 2 aliphatic heterocycles. The van der Waals surface area contributed by atoms with Gasteiger partial charge in [-0.15, -0.1) is 0 Å². The number of hydrogen-bond acceptors (Lipinski definition) is 2. The standard InChI is InChI=1S/C18H28N2/c1-2-6-12-20(11-5-1)13-7-10-18-14-16-8-3-4-9-17(16)15-19-18/h3-4,8-9,18-19H,1-2,5-7,10-15H2. The van der Waals surface area contributed by atoms with Crippen LogP contribution in [0.2, 0.25) is 0 Å². The van der Waals surface area contributed by atoms with Crippen molar-refractivity contribution in [3.63, 3.8) is 0 Å². The second kappa shape index (κ2) is 7.24. The quantitative estimate of drug-likeness (QED) is 0.904. The van der Waals surface area contributed by atoms with E-state index in [1.54, 1.807) is 5.56 Å². The molecule has 1 unspecified atom stereocenters. The zero-order valence-electron chi connectivity index (χ0n) is 12.6. The minimum atomic E-state index is 0.692. The van der Waals surface area contributed by atoms with Gasteiger partial charge in [0, 0.05) is 12.6 Å². The van der Waals surface area contributed by atoms with Crippen molar-refractivity contribution < 1.29 is 0 Å². The molecular weight excluding hydrogens is 244 g/mol. The van der Waals surface area contributed by atoms with Crippen molar-refractivity contribution in [1.29, 1.82) is 0 Å². The Morgan fingerprint density at radius 3 is 2.55 bits per heavy atom. The van der Waals surface area contributed by atoms with Gasteiger partial charge in [0.2, 0.25) is 0 Å². The van der Waals surface area contributed by atoms with E-state index < -0.39 is 0 Å². The molecule has 1 fully saturated rings. The molecule has 0 saturated carbocycles. The Morgan fingerprint density at radius 1 is 1.00 bits per heavy atom. The molecule has 20 heavy (non-hydrogen) atoms. The molecule has 1 saturated heterocycles. The second-order valence-corrected chi connectivity index (χ2v) is 6.45. The number of hydrogen-bond donors (Lipinski definition) is 1. The first-order valence-corrected chi connectivity index (χ1v) is 8.44. The van der Waals surface area contributed by atoms with Crippen LogP contribution in [0.4, 0.5) is 0 Å². The van der Waals surface area contributed by atoms with Crippen molar-refractivity contribution in [3.8, 4) is 0 Å². The van der Waals surface area contributed by atoms with E-state index in [1.165, 1.54) is 70.1 Å². The summed E-state index contributed by atoms with van der Waals surface area (Å²) in [6.45, 7) is 5.03. The minimum Gasteiger partial charge on any atom is -0.310 e. The van der Waals surface area contributed by atoms with Crippen LogP contribution >= 0.6 is 0 Å². The Morgan fingerprint density at radius 2 is 1.75 bits per heavy atom. The summed E-state index contributed by atoms with van der Waals surface area (Å²) in [5.74, 6) is 0. The summed E-state index contributed by atoms with van der Waals surface area (Å²) >= 11 is 0. The first kappa shape index (κ1) is 14.1. The van der Waals surface area contributed by atoms with Crippen LogP contribution in [-0.2, 0) is 13.0 Å². The van der Waals surface area contributed by atoms with Crippen LogP contribution in [-0.4, -0.2) is 30.6 Å². The van der Waals surface area contributed by atoms with E-state index in [0.717, 1.165) is 6.54 Å². The number of benzene rings is 1. The van der Waals surface area contributed by atoms with Crippen molar-refractivity contribution in [2.75, 3.05) is 19.6 Å². The summed E-state index contributed by atoms with van der Waals surface area (Å²) < 4.78 is 0. The molecule has 0 aromatic heterocycles. The van der Waals surface area contributed by atoms with Crippen molar-refractivity contribution in [1.82, 2.24) is 10.2 Å². The van der Waals surface area contributed by atoms with E-state index in [2.05, 4.69) is 34.5 Å². The lowest BCUT2D eigenvalue weighted by Gasteiger charge is -2.27. The fourth-order valence-electron chi connectivity index (χ4n) is 3.65. The highest BCUT2D eigenvalue weighted by Crippen LogP contribution is 2.19. The van der Waals surface area contributed by atoms with Crippen molar-refractivity contribution >= 4 is 0 Å². The van der Waals surface area contributed by atoms with Crippen LogP contribution in [0.25, 0.3) is 0 Å². The van der Waals surface area contributed by atoms with E-state index in [1.807, 2.05) is 0 Å². The Balaban J connectivity index is 1.41. The zero-order valence-corrected chi connectivity index (χ0v) is 12.6. The Kier molecular flexibility index (Phi) is 5.10. The minimum absolute atomic E-state index is 0.692. The molecule has 2 heterocycles. The first-order chi connectivity index (χ1) is 9.92. The van der Waals surface area contributed by atoms with Crippen LogP contribution in [0.15, 0.2) is 24.3 Å². The summed E-state index contributed by atoms with van der Waals surface area (Å²) in [6, 6.07) is 9.59. The van der Waals surface area contributed by atoms with Crippen molar-refractivity contribution in [2.24, 2.45) is 0 Å². The number of likely N-dealkylation sites (tertiary alicyclic amines) is 1. The molecule has 2 aliphatic rings. The van der Waals surface area contributed by atoms with Gasteiger partial charge in [-0.25, -0.2) is 0 Å². The molecule has 1 atom stereocenters. The van der Waals surface area contributed by atoms with Crippen LogP contribution in [0.3, 0.4) is 0 Å². The molecule has 0 aliphatic carbocycles. The van der Waals surface area contributed by atoms with E-state index in [9.17, 15) is 0 Å². The highest BCUT2D eigenvalue weighted by molar-refractivity contribution is 5.29. The maximum Gasteiger partial charge on any atom is 0.0210 e. The fraction of sp³-hybridized carbons (Fsp3) is 0.667. The van der Waals surface area contributed by atoms with Gasteiger partial charge in [0.25, 0.3) is 0 Å². The highest BCUT2D eigenvalue weighted by Gasteiger charge is 2.17. The lowest BCUT2D eigenvalue weighted by Crippen LogP contribution is -2.36. The van der Waals surface area contributed by atoms with Gasteiger partial charge >= 0.3 is 0 Å². The predicted molar refractivity (Wildman–Crippen MR) is 84.9 cm³/mol. The Labute approximate surface area is 123 Å². The van der Waals surface area contributed by atoms with Crippen LogP contribution in [0.5, 0.6) is 0 Å². The molecule has 1 aromatic rings. The molecule has 110 valence electrons. The van der Waals surface area contributed by atoms with Crippen LogP contribution in [0.1, 0.15) is 49.7 Å². The molecule has 2 heteroatoms. The van der Waals surface area contributed by atoms with Gasteiger partial charge in [-0.1, -0.05) is 37.1 Å². The fourth-order valence-corrected chi connectivity index (χ4v) is 3.65. The summed E-state index contributed by atoms with van der Waals surface area (Å²) in [5, 5.41) is 3.71. The average Bonchev–Trinajstić information content (AvgIpc) is 2.76. The lowest BCUT2D eigenvalue weighted by molar-refractivity contribution is 0.271. The number of nitrogens with one attached hydrogen (secondary N) is 1. The number of rotatable bonds is 4. The summed E-state index contributed by atoms with van der Waals surface area (Å²) in [4.78, 5) is 2.68. The summed E-state index contributed by atoms with van der Waals surface area (Å²) in [7, 11) is 0. The van der Waals surface area contributed by atoms with E-state index >= 15 is 0 Å². The van der Waals surface area contributed by atoms with Gasteiger partial charge in [-0.2, -0.15) is 0 Å². The van der Waals surface area contributed by atoms with Crippen LogP contribution in [0, 0.1) is 0 Å². The molecule has 0 radical (unpaired) electrons. The third kappa shape index (κ3) is 3.83. The lowest BCUT2D eigenvalue weighted by atomic mass is 9.93. The molecule has 3 rings (SSSR count). The Hall–Kier alpha value is -0.860. The second-order valence-electron chi connectivity index (χ2n) is 6.45. The summed E-state index contributed by atoms with van der Waals surface area (Å²) in [5.41, 5.74) is 3.06. The first-order valence-electron chi connectivity index (χ1n) is 8.44. The third-order valence-electron chi connectivity index (χ3n) is 4.89. The molecule has 1 N–H and O–H groups in total.